The summed E-state index contributed by atoms with van der Waals surface area (Å²) in [4.78, 5) is 42.5. The molecule has 1 spiro atoms. The molecule has 4 rings (SSSR count). The van der Waals surface area contributed by atoms with Gasteiger partial charge in [0.1, 0.15) is 5.54 Å². The number of rotatable bonds is 3. The van der Waals surface area contributed by atoms with E-state index < -0.39 is 11.6 Å². The molecule has 2 aliphatic rings. The van der Waals surface area contributed by atoms with Crippen molar-refractivity contribution in [2.45, 2.75) is 24.8 Å². The van der Waals surface area contributed by atoms with Gasteiger partial charge in [-0.3, -0.25) is 14.5 Å². The molecule has 1 unspecified atom stereocenters. The second-order valence-corrected chi connectivity index (χ2v) is 6.85. The van der Waals surface area contributed by atoms with Gasteiger partial charge in [0, 0.05) is 16.6 Å². The number of Topliss-reactive ketones (excluding diaryl/α,β-unsaturated/α-hetero) is 1. The number of nitrogens with one attached hydrogen (secondary N) is 2. The summed E-state index contributed by atoms with van der Waals surface area (Å²) >= 11 is 1.61. The number of carbonyl (C=O) groups excluding carboxylic acids is 3. The van der Waals surface area contributed by atoms with E-state index in [1.54, 1.807) is 29.7 Å². The molecule has 1 atom stereocenters. The molecule has 7 heteroatoms. The Morgan fingerprint density at radius 3 is 3.00 bits per heavy atom. The normalized spacial score (nSPS) is 23.2. The van der Waals surface area contributed by atoms with Gasteiger partial charge in [-0.15, -0.1) is 11.3 Å². The summed E-state index contributed by atoms with van der Waals surface area (Å²) in [5.74, 6) is -0.598. The van der Waals surface area contributed by atoms with Crippen molar-refractivity contribution in [2.24, 2.45) is 0 Å². The van der Waals surface area contributed by atoms with Crippen LogP contribution in [0.4, 0.5) is 4.79 Å². The minimum atomic E-state index is -0.985. The van der Waals surface area contributed by atoms with Crippen LogP contribution in [0.2, 0.25) is 0 Å². The van der Waals surface area contributed by atoms with E-state index in [0.717, 1.165) is 28.2 Å². The lowest BCUT2D eigenvalue weighted by atomic mass is 9.80. The number of hydrogen-bond acceptors (Lipinski definition) is 4. The average molecular weight is 329 g/mol. The number of fused-ring (bicyclic) bond motifs is 2. The van der Waals surface area contributed by atoms with Crippen molar-refractivity contribution in [1.29, 1.82) is 0 Å². The predicted molar refractivity (Wildman–Crippen MR) is 84.3 cm³/mol. The van der Waals surface area contributed by atoms with E-state index in [2.05, 4.69) is 10.3 Å². The molecule has 0 bridgehead atoms. The molecule has 2 aromatic heterocycles. The fourth-order valence-corrected chi connectivity index (χ4v) is 4.42. The summed E-state index contributed by atoms with van der Waals surface area (Å²) < 4.78 is 0. The SMILES string of the molecule is O=C(CN1C(=O)NC2(CCCc3sccc32)C1=O)c1ccc[nH]1. The summed E-state index contributed by atoms with van der Waals surface area (Å²) in [7, 11) is 0. The number of hydrogen-bond donors (Lipinski definition) is 2. The van der Waals surface area contributed by atoms with Gasteiger partial charge in [-0.25, -0.2) is 4.79 Å². The Morgan fingerprint density at radius 1 is 1.35 bits per heavy atom. The zero-order chi connectivity index (χ0) is 16.0. The van der Waals surface area contributed by atoms with E-state index in [-0.39, 0.29) is 18.2 Å². The molecule has 1 aliphatic carbocycles. The van der Waals surface area contributed by atoms with Crippen LogP contribution in [0.3, 0.4) is 0 Å². The third-order valence-electron chi connectivity index (χ3n) is 4.54. The summed E-state index contributed by atoms with van der Waals surface area (Å²) in [6.07, 6.45) is 3.99. The number of nitrogens with zero attached hydrogens (tertiary/aromatic N) is 1. The highest BCUT2D eigenvalue weighted by Crippen LogP contribution is 2.42. The lowest BCUT2D eigenvalue weighted by Crippen LogP contribution is -2.46. The molecule has 23 heavy (non-hydrogen) atoms. The number of aromatic nitrogens is 1. The number of thiophene rings is 1. The predicted octanol–water partition coefficient (Wildman–Crippen LogP) is 2.04. The van der Waals surface area contributed by atoms with Gasteiger partial charge in [0.2, 0.25) is 0 Å². The maximum atomic E-state index is 12.9. The third kappa shape index (κ3) is 2.03. The smallest absolute Gasteiger partial charge is 0.325 e. The van der Waals surface area contributed by atoms with E-state index >= 15 is 0 Å². The summed E-state index contributed by atoms with van der Waals surface area (Å²) in [6.45, 7) is -0.244. The van der Waals surface area contributed by atoms with Crippen molar-refractivity contribution in [3.8, 4) is 0 Å². The molecule has 0 radical (unpaired) electrons. The van der Waals surface area contributed by atoms with Crippen molar-refractivity contribution in [1.82, 2.24) is 15.2 Å². The monoisotopic (exact) mass is 329 g/mol. The maximum absolute atomic E-state index is 12.9. The van der Waals surface area contributed by atoms with Crippen molar-refractivity contribution in [3.63, 3.8) is 0 Å². The van der Waals surface area contributed by atoms with E-state index in [9.17, 15) is 14.4 Å². The molecule has 2 aromatic rings. The number of urea groups is 1. The molecule has 3 amide bonds. The quantitative estimate of drug-likeness (QED) is 0.668. The Labute approximate surface area is 136 Å². The van der Waals surface area contributed by atoms with Crippen molar-refractivity contribution in [3.05, 3.63) is 45.9 Å². The second-order valence-electron chi connectivity index (χ2n) is 5.84. The summed E-state index contributed by atoms with van der Waals surface area (Å²) in [5, 5.41) is 4.79. The number of amides is 3. The molecule has 6 nitrogen and oxygen atoms in total. The average Bonchev–Trinajstić information content (AvgIpc) is 3.25. The minimum absolute atomic E-state index is 0.244. The van der Waals surface area contributed by atoms with Crippen LogP contribution in [0.15, 0.2) is 29.8 Å². The van der Waals surface area contributed by atoms with Crippen LogP contribution in [-0.2, 0) is 16.8 Å². The molecule has 118 valence electrons. The maximum Gasteiger partial charge on any atom is 0.325 e. The van der Waals surface area contributed by atoms with Gasteiger partial charge in [-0.05, 0) is 42.8 Å². The van der Waals surface area contributed by atoms with Gasteiger partial charge < -0.3 is 10.3 Å². The molecule has 2 N–H and O–H groups in total. The van der Waals surface area contributed by atoms with Gasteiger partial charge in [-0.2, -0.15) is 0 Å². The lowest BCUT2D eigenvalue weighted by Gasteiger charge is -2.31. The van der Waals surface area contributed by atoms with E-state index in [1.165, 1.54) is 0 Å². The number of imide groups is 1. The number of carbonyl (C=O) groups is 3. The lowest BCUT2D eigenvalue weighted by molar-refractivity contribution is -0.131. The molecular formula is C16H15N3O3S. The molecule has 3 heterocycles. The fourth-order valence-electron chi connectivity index (χ4n) is 3.42. The minimum Gasteiger partial charge on any atom is -0.359 e. The highest BCUT2D eigenvalue weighted by atomic mass is 32.1. The van der Waals surface area contributed by atoms with Crippen molar-refractivity contribution >= 4 is 29.1 Å². The number of aromatic amines is 1. The third-order valence-corrected chi connectivity index (χ3v) is 5.52. The molecule has 0 saturated carbocycles. The zero-order valence-electron chi connectivity index (χ0n) is 12.3. The Hall–Kier alpha value is -2.41. The number of aryl methyl sites for hydroxylation is 1. The first-order valence-electron chi connectivity index (χ1n) is 7.49. The zero-order valence-corrected chi connectivity index (χ0v) is 13.1. The first-order chi connectivity index (χ1) is 11.1. The Balaban J connectivity index is 1.64. The van der Waals surface area contributed by atoms with E-state index in [1.807, 2.05) is 11.4 Å². The van der Waals surface area contributed by atoms with Gasteiger partial charge in [0.15, 0.2) is 5.78 Å². The number of ketones is 1. The number of H-pyrrole nitrogens is 1. The van der Waals surface area contributed by atoms with Crippen LogP contribution in [-0.4, -0.2) is 34.2 Å². The molecular weight excluding hydrogens is 314 g/mol. The van der Waals surface area contributed by atoms with E-state index in [4.69, 9.17) is 0 Å². The summed E-state index contributed by atoms with van der Waals surface area (Å²) in [5.41, 5.74) is 0.300. The van der Waals surface area contributed by atoms with Crippen LogP contribution in [0.1, 0.15) is 33.8 Å². The van der Waals surface area contributed by atoms with Gasteiger partial charge >= 0.3 is 6.03 Å². The van der Waals surface area contributed by atoms with Crippen molar-refractivity contribution in [2.75, 3.05) is 6.54 Å². The second kappa shape index (κ2) is 5.06. The summed E-state index contributed by atoms with van der Waals surface area (Å²) in [6, 6.07) is 4.76. The first-order valence-corrected chi connectivity index (χ1v) is 8.37. The van der Waals surface area contributed by atoms with Crippen molar-refractivity contribution < 1.29 is 14.4 Å². The van der Waals surface area contributed by atoms with Crippen LogP contribution in [0, 0.1) is 0 Å². The fraction of sp³-hybridized carbons (Fsp3) is 0.312. The van der Waals surface area contributed by atoms with Crippen LogP contribution < -0.4 is 5.32 Å². The molecule has 1 saturated heterocycles. The molecule has 0 aromatic carbocycles. The largest absolute Gasteiger partial charge is 0.359 e. The molecule has 1 aliphatic heterocycles. The van der Waals surface area contributed by atoms with Gasteiger partial charge in [-0.1, -0.05) is 0 Å². The van der Waals surface area contributed by atoms with Gasteiger partial charge in [0.05, 0.1) is 12.2 Å². The standard InChI is InChI=1S/C16H15N3O3S/c20-12(11-3-2-7-17-11)9-19-14(21)16(18-15(19)22)6-1-4-13-10(16)5-8-23-13/h2-3,5,7-8,17H,1,4,6,9H2,(H,18,22). The Bertz CT molecular complexity index is 795. The van der Waals surface area contributed by atoms with E-state index in [0.29, 0.717) is 12.1 Å². The topological polar surface area (TPSA) is 82.3 Å². The van der Waals surface area contributed by atoms with Crippen LogP contribution in [0.25, 0.3) is 0 Å². The van der Waals surface area contributed by atoms with Crippen LogP contribution in [0.5, 0.6) is 0 Å². The Kier molecular flexibility index (Phi) is 3.12. The highest BCUT2D eigenvalue weighted by Gasteiger charge is 2.54. The highest BCUT2D eigenvalue weighted by molar-refractivity contribution is 7.10. The first kappa shape index (κ1) is 14.2. The molecule has 1 fully saturated rings. The Morgan fingerprint density at radius 2 is 2.22 bits per heavy atom. The van der Waals surface area contributed by atoms with Crippen LogP contribution >= 0.6 is 11.3 Å². The van der Waals surface area contributed by atoms with Gasteiger partial charge in [0.25, 0.3) is 5.91 Å².